The highest BCUT2D eigenvalue weighted by molar-refractivity contribution is 9.10. The molecule has 0 bridgehead atoms. The molecule has 2 rings (SSSR count). The second kappa shape index (κ2) is 6.05. The van der Waals surface area contributed by atoms with Crippen LogP contribution in [0.3, 0.4) is 0 Å². The van der Waals surface area contributed by atoms with Crippen molar-refractivity contribution in [2.24, 2.45) is 0 Å². The van der Waals surface area contributed by atoms with E-state index in [2.05, 4.69) is 21.2 Å². The zero-order chi connectivity index (χ0) is 14.7. The zero-order valence-electron chi connectivity index (χ0n) is 10.9. The van der Waals surface area contributed by atoms with Gasteiger partial charge in [-0.3, -0.25) is 4.79 Å². The van der Waals surface area contributed by atoms with Crippen molar-refractivity contribution in [3.8, 4) is 0 Å². The lowest BCUT2D eigenvalue weighted by molar-refractivity contribution is 0.0938. The fraction of sp³-hybridized carbons (Fsp3) is 0.133. The van der Waals surface area contributed by atoms with E-state index < -0.39 is 6.04 Å². The highest BCUT2D eigenvalue weighted by atomic mass is 79.9. The molecule has 2 aromatic rings. The number of benzene rings is 2. The second-order valence-corrected chi connectivity index (χ2v) is 5.22. The molecule has 3 N–H and O–H groups in total. The number of amides is 1. The number of hydrogen-bond acceptors (Lipinski definition) is 2. The minimum absolute atomic E-state index is 0.306. The Balaban J connectivity index is 2.20. The summed E-state index contributed by atoms with van der Waals surface area (Å²) >= 11 is 3.28. The normalized spacial score (nSPS) is 11.9. The van der Waals surface area contributed by atoms with Gasteiger partial charge < -0.3 is 11.1 Å². The van der Waals surface area contributed by atoms with Gasteiger partial charge in [0.05, 0.1) is 16.1 Å². The van der Waals surface area contributed by atoms with E-state index in [9.17, 15) is 9.18 Å². The Morgan fingerprint density at radius 3 is 2.65 bits per heavy atom. The number of nitrogens with one attached hydrogen (secondary N) is 1. The monoisotopic (exact) mass is 336 g/mol. The van der Waals surface area contributed by atoms with E-state index in [0.717, 1.165) is 0 Å². The molecule has 0 heterocycles. The summed E-state index contributed by atoms with van der Waals surface area (Å²) in [6.45, 7) is 1.73. The van der Waals surface area contributed by atoms with Crippen LogP contribution in [0.4, 0.5) is 10.1 Å². The molecule has 0 aliphatic heterocycles. The summed E-state index contributed by atoms with van der Waals surface area (Å²) in [5, 5.41) is 2.76. The van der Waals surface area contributed by atoms with Gasteiger partial charge >= 0.3 is 0 Å². The first-order valence-corrected chi connectivity index (χ1v) is 6.89. The van der Waals surface area contributed by atoms with Crippen molar-refractivity contribution in [3.63, 3.8) is 0 Å². The first kappa shape index (κ1) is 14.5. The molecule has 0 radical (unpaired) electrons. The van der Waals surface area contributed by atoms with Crippen molar-refractivity contribution in [1.29, 1.82) is 0 Å². The molecule has 0 aliphatic carbocycles. The Kier molecular flexibility index (Phi) is 4.39. The van der Waals surface area contributed by atoms with Crippen molar-refractivity contribution < 1.29 is 9.18 Å². The second-order valence-electron chi connectivity index (χ2n) is 4.43. The Hall–Kier alpha value is -1.88. The Bertz CT molecular complexity index is 646. The molecule has 0 saturated carbocycles. The van der Waals surface area contributed by atoms with Gasteiger partial charge in [0.15, 0.2) is 0 Å². The molecule has 20 heavy (non-hydrogen) atoms. The van der Waals surface area contributed by atoms with Gasteiger partial charge in [-0.05, 0) is 41.1 Å². The van der Waals surface area contributed by atoms with Gasteiger partial charge in [-0.2, -0.15) is 0 Å². The predicted octanol–water partition coefficient (Wildman–Crippen LogP) is 3.66. The fourth-order valence-corrected chi connectivity index (χ4v) is 2.35. The molecule has 1 atom stereocenters. The molecule has 0 saturated heterocycles. The summed E-state index contributed by atoms with van der Waals surface area (Å²) in [6.07, 6.45) is 0. The Morgan fingerprint density at radius 1 is 1.25 bits per heavy atom. The minimum Gasteiger partial charge on any atom is -0.398 e. The van der Waals surface area contributed by atoms with E-state index in [0.29, 0.717) is 21.3 Å². The van der Waals surface area contributed by atoms with Gasteiger partial charge in [-0.15, -0.1) is 0 Å². The van der Waals surface area contributed by atoms with Crippen LogP contribution < -0.4 is 11.1 Å². The molecule has 1 unspecified atom stereocenters. The lowest BCUT2D eigenvalue weighted by Gasteiger charge is -2.16. The molecule has 3 nitrogen and oxygen atoms in total. The van der Waals surface area contributed by atoms with Crippen LogP contribution >= 0.6 is 15.9 Å². The number of nitrogen functional groups attached to an aromatic ring is 1. The zero-order valence-corrected chi connectivity index (χ0v) is 12.4. The topological polar surface area (TPSA) is 55.1 Å². The third-order valence-corrected chi connectivity index (χ3v) is 3.88. The van der Waals surface area contributed by atoms with E-state index >= 15 is 0 Å². The molecule has 5 heteroatoms. The summed E-state index contributed by atoms with van der Waals surface area (Å²) in [5.74, 6) is -0.646. The minimum atomic E-state index is -0.433. The maximum Gasteiger partial charge on any atom is 0.252 e. The molecule has 0 fully saturated rings. The highest BCUT2D eigenvalue weighted by Crippen LogP contribution is 2.24. The van der Waals surface area contributed by atoms with Gasteiger partial charge in [0.25, 0.3) is 5.91 Å². The first-order valence-electron chi connectivity index (χ1n) is 6.10. The largest absolute Gasteiger partial charge is 0.398 e. The van der Waals surface area contributed by atoms with Crippen LogP contribution in [0.25, 0.3) is 0 Å². The fourth-order valence-electron chi connectivity index (χ4n) is 1.90. The van der Waals surface area contributed by atoms with Crippen molar-refractivity contribution in [2.45, 2.75) is 13.0 Å². The third-order valence-electron chi connectivity index (χ3n) is 2.99. The van der Waals surface area contributed by atoms with Crippen molar-refractivity contribution >= 4 is 27.5 Å². The smallest absolute Gasteiger partial charge is 0.252 e. The van der Waals surface area contributed by atoms with Crippen LogP contribution in [-0.2, 0) is 0 Å². The van der Waals surface area contributed by atoms with E-state index in [1.165, 1.54) is 6.07 Å². The third kappa shape index (κ3) is 2.99. The summed E-state index contributed by atoms with van der Waals surface area (Å²) in [6, 6.07) is 11.0. The molecular formula is C15H14BrFN2O. The van der Waals surface area contributed by atoms with Crippen molar-refractivity contribution in [2.75, 3.05) is 5.73 Å². The van der Waals surface area contributed by atoms with Gasteiger partial charge in [0, 0.05) is 11.3 Å². The van der Waals surface area contributed by atoms with Crippen molar-refractivity contribution in [1.82, 2.24) is 5.32 Å². The van der Waals surface area contributed by atoms with E-state index in [-0.39, 0.29) is 11.7 Å². The van der Waals surface area contributed by atoms with Crippen LogP contribution in [0.15, 0.2) is 46.9 Å². The standard InChI is InChI=1S/C15H14BrFN2O/c1-9(10-5-2-3-7-12(10)17)19-15(20)11-6-4-8-13(18)14(11)16/h2-9H,18H2,1H3,(H,19,20). The molecule has 0 aromatic heterocycles. The molecule has 104 valence electrons. The lowest BCUT2D eigenvalue weighted by Crippen LogP contribution is -2.27. The predicted molar refractivity (Wildman–Crippen MR) is 80.8 cm³/mol. The average molecular weight is 337 g/mol. The Morgan fingerprint density at radius 2 is 1.95 bits per heavy atom. The van der Waals surface area contributed by atoms with Crippen LogP contribution in [0.5, 0.6) is 0 Å². The van der Waals surface area contributed by atoms with E-state index in [1.54, 1.807) is 43.3 Å². The quantitative estimate of drug-likeness (QED) is 0.840. The van der Waals surface area contributed by atoms with Crippen LogP contribution in [0.1, 0.15) is 28.9 Å². The summed E-state index contributed by atoms with van der Waals surface area (Å²) in [4.78, 5) is 12.2. The van der Waals surface area contributed by atoms with Gasteiger partial charge in [-0.1, -0.05) is 24.3 Å². The van der Waals surface area contributed by atoms with E-state index in [4.69, 9.17) is 5.73 Å². The molecule has 1 amide bonds. The maximum atomic E-state index is 13.7. The van der Waals surface area contributed by atoms with Gasteiger partial charge in [-0.25, -0.2) is 4.39 Å². The summed E-state index contributed by atoms with van der Waals surface area (Å²) in [5.41, 5.74) is 7.09. The number of halogens is 2. The van der Waals surface area contributed by atoms with Gasteiger partial charge in [0.2, 0.25) is 0 Å². The van der Waals surface area contributed by atoms with Crippen LogP contribution in [0.2, 0.25) is 0 Å². The number of carbonyl (C=O) groups is 1. The van der Waals surface area contributed by atoms with Crippen LogP contribution in [0, 0.1) is 5.82 Å². The molecule has 0 aliphatic rings. The number of rotatable bonds is 3. The highest BCUT2D eigenvalue weighted by Gasteiger charge is 2.16. The summed E-state index contributed by atoms with van der Waals surface area (Å²) in [7, 11) is 0. The number of nitrogens with two attached hydrogens (primary N) is 1. The van der Waals surface area contributed by atoms with Crippen molar-refractivity contribution in [3.05, 3.63) is 63.9 Å². The molecule has 0 spiro atoms. The van der Waals surface area contributed by atoms with Crippen LogP contribution in [-0.4, -0.2) is 5.91 Å². The lowest BCUT2D eigenvalue weighted by atomic mass is 10.1. The van der Waals surface area contributed by atoms with Gasteiger partial charge in [0.1, 0.15) is 5.82 Å². The SMILES string of the molecule is CC(NC(=O)c1cccc(N)c1Br)c1ccccc1F. The number of anilines is 1. The number of hydrogen-bond donors (Lipinski definition) is 2. The average Bonchev–Trinajstić information content (AvgIpc) is 2.42. The molecular weight excluding hydrogens is 323 g/mol. The maximum absolute atomic E-state index is 13.7. The molecule has 2 aromatic carbocycles. The first-order chi connectivity index (χ1) is 9.50. The van der Waals surface area contributed by atoms with E-state index in [1.807, 2.05) is 0 Å². The summed E-state index contributed by atoms with van der Waals surface area (Å²) < 4.78 is 14.2. The Labute approximate surface area is 125 Å². The number of carbonyl (C=O) groups excluding carboxylic acids is 1.